The fraction of sp³-hybridized carbons (Fsp3) is 0.476. The van der Waals surface area contributed by atoms with Gasteiger partial charge in [0, 0.05) is 54.9 Å². The highest BCUT2D eigenvalue weighted by Gasteiger charge is 2.35. The predicted molar refractivity (Wildman–Crippen MR) is 114 cm³/mol. The highest BCUT2D eigenvalue weighted by molar-refractivity contribution is 7.86. The third kappa shape index (κ3) is 4.54. The normalized spacial score (nSPS) is 18.0. The third-order valence-corrected chi connectivity index (χ3v) is 7.39. The third-order valence-electron chi connectivity index (χ3n) is 5.24. The second-order valence-corrected chi connectivity index (χ2v) is 9.28. The molecule has 152 valence electrons. The summed E-state index contributed by atoms with van der Waals surface area (Å²) in [6.07, 6.45) is 0.793. The summed E-state index contributed by atoms with van der Waals surface area (Å²) >= 11 is 0. The summed E-state index contributed by atoms with van der Waals surface area (Å²) < 4.78 is 28.7. The lowest BCUT2D eigenvalue weighted by Crippen LogP contribution is -2.42. The van der Waals surface area contributed by atoms with Crippen molar-refractivity contribution in [2.75, 3.05) is 31.5 Å². The van der Waals surface area contributed by atoms with E-state index in [4.69, 9.17) is 4.98 Å². The van der Waals surface area contributed by atoms with Crippen LogP contribution in [0, 0.1) is 13.8 Å². The van der Waals surface area contributed by atoms with Crippen LogP contribution in [0.2, 0.25) is 0 Å². The zero-order valence-electron chi connectivity index (χ0n) is 17.1. The molecule has 3 rings (SSSR count). The lowest BCUT2D eigenvalue weighted by molar-refractivity contribution is 0.377. The Morgan fingerprint density at radius 1 is 1.11 bits per heavy atom. The summed E-state index contributed by atoms with van der Waals surface area (Å²) in [5, 5.41) is 3.43. The number of nitrogens with one attached hydrogen (secondary N) is 1. The Hall–Kier alpha value is -1.96. The van der Waals surface area contributed by atoms with Crippen LogP contribution in [0.15, 0.2) is 36.4 Å². The molecular formula is C21H30N4O2S. The molecule has 6 nitrogen and oxygen atoms in total. The highest BCUT2D eigenvalue weighted by atomic mass is 32.2. The first-order chi connectivity index (χ1) is 13.3. The van der Waals surface area contributed by atoms with Gasteiger partial charge >= 0.3 is 0 Å². The molecule has 1 atom stereocenters. The van der Waals surface area contributed by atoms with E-state index in [1.165, 1.54) is 9.87 Å². The molecular weight excluding hydrogens is 372 g/mol. The molecule has 0 aliphatic carbocycles. The molecule has 1 aromatic carbocycles. The predicted octanol–water partition coefficient (Wildman–Crippen LogP) is 3.82. The molecule has 0 unspecified atom stereocenters. The van der Waals surface area contributed by atoms with Crippen molar-refractivity contribution in [3.05, 3.63) is 53.3 Å². The lowest BCUT2D eigenvalue weighted by Gasteiger charge is -2.25. The van der Waals surface area contributed by atoms with Crippen molar-refractivity contribution < 1.29 is 8.42 Å². The number of rotatable bonds is 7. The van der Waals surface area contributed by atoms with E-state index in [9.17, 15) is 8.42 Å². The van der Waals surface area contributed by atoms with Gasteiger partial charge < -0.3 is 5.32 Å². The van der Waals surface area contributed by atoms with Gasteiger partial charge in [0.15, 0.2) is 0 Å². The van der Waals surface area contributed by atoms with Crippen molar-refractivity contribution in [2.24, 2.45) is 0 Å². The number of hydrogen-bond donors (Lipinski definition) is 1. The maximum atomic E-state index is 12.8. The second kappa shape index (κ2) is 8.59. The fourth-order valence-electron chi connectivity index (χ4n) is 3.67. The fourth-order valence-corrected chi connectivity index (χ4v) is 5.36. The largest absolute Gasteiger partial charge is 0.355 e. The standard InChI is InChI=1S/C21H30N4O2S/c1-5-24(6-2)28(26,27)25-12-11-18(15-25)21-14-20(13-17(4)22-21)23-19-9-7-16(3)8-10-19/h7-10,13-14,18H,5-6,11-12,15H2,1-4H3,(H,22,23)/t18-/m0/s1. The van der Waals surface area contributed by atoms with Crippen LogP contribution < -0.4 is 5.32 Å². The van der Waals surface area contributed by atoms with Crippen molar-refractivity contribution in [3.63, 3.8) is 0 Å². The van der Waals surface area contributed by atoms with E-state index < -0.39 is 10.2 Å². The Balaban J connectivity index is 1.77. The molecule has 1 aliphatic rings. The quantitative estimate of drug-likeness (QED) is 0.765. The number of nitrogens with zero attached hydrogens (tertiary/aromatic N) is 3. The average Bonchev–Trinajstić information content (AvgIpc) is 3.15. The van der Waals surface area contributed by atoms with Crippen molar-refractivity contribution in [2.45, 2.75) is 40.0 Å². The van der Waals surface area contributed by atoms with E-state index in [1.54, 1.807) is 4.31 Å². The topological polar surface area (TPSA) is 65.5 Å². The molecule has 2 heterocycles. The van der Waals surface area contributed by atoms with Crippen molar-refractivity contribution >= 4 is 21.6 Å². The molecule has 0 radical (unpaired) electrons. The van der Waals surface area contributed by atoms with Crippen molar-refractivity contribution in [1.82, 2.24) is 13.6 Å². The maximum Gasteiger partial charge on any atom is 0.281 e. The Kier molecular flexibility index (Phi) is 6.37. The van der Waals surface area contributed by atoms with E-state index in [-0.39, 0.29) is 5.92 Å². The van der Waals surface area contributed by atoms with E-state index in [2.05, 4.69) is 36.5 Å². The summed E-state index contributed by atoms with van der Waals surface area (Å²) in [4.78, 5) is 4.70. The Morgan fingerprint density at radius 3 is 2.43 bits per heavy atom. The van der Waals surface area contributed by atoms with Gasteiger partial charge in [-0.05, 0) is 44.5 Å². The molecule has 1 aromatic heterocycles. The number of benzene rings is 1. The summed E-state index contributed by atoms with van der Waals surface area (Å²) in [7, 11) is -3.39. The molecule has 1 aliphatic heterocycles. The van der Waals surface area contributed by atoms with Crippen LogP contribution in [0.1, 0.15) is 43.1 Å². The van der Waals surface area contributed by atoms with E-state index >= 15 is 0 Å². The molecule has 1 saturated heterocycles. The minimum Gasteiger partial charge on any atom is -0.355 e. The van der Waals surface area contributed by atoms with Gasteiger partial charge in [-0.3, -0.25) is 4.98 Å². The van der Waals surface area contributed by atoms with Gasteiger partial charge in [0.05, 0.1) is 0 Å². The van der Waals surface area contributed by atoms with Gasteiger partial charge in [0.25, 0.3) is 10.2 Å². The number of pyridine rings is 1. The smallest absolute Gasteiger partial charge is 0.281 e. The van der Waals surface area contributed by atoms with E-state index in [1.807, 2.05) is 32.9 Å². The van der Waals surface area contributed by atoms with E-state index in [0.717, 1.165) is 29.2 Å². The molecule has 0 spiro atoms. The van der Waals surface area contributed by atoms with Crippen LogP contribution in [0.3, 0.4) is 0 Å². The Morgan fingerprint density at radius 2 is 1.79 bits per heavy atom. The summed E-state index contributed by atoms with van der Waals surface area (Å²) in [5.74, 6) is 0.115. The number of anilines is 2. The molecule has 0 bridgehead atoms. The van der Waals surface area contributed by atoms with Crippen LogP contribution in [-0.2, 0) is 10.2 Å². The minimum atomic E-state index is -3.39. The maximum absolute atomic E-state index is 12.8. The molecule has 0 saturated carbocycles. The summed E-state index contributed by atoms with van der Waals surface area (Å²) in [6, 6.07) is 12.3. The van der Waals surface area contributed by atoms with Gasteiger partial charge in [0.2, 0.25) is 0 Å². The zero-order valence-corrected chi connectivity index (χ0v) is 18.0. The molecule has 1 N–H and O–H groups in total. The second-order valence-electron chi connectivity index (χ2n) is 7.35. The van der Waals surface area contributed by atoms with Crippen molar-refractivity contribution in [3.8, 4) is 0 Å². The Bertz CT molecular complexity index is 909. The van der Waals surface area contributed by atoms with Gasteiger partial charge in [-0.15, -0.1) is 0 Å². The SMILES string of the molecule is CCN(CC)S(=O)(=O)N1CC[C@H](c2cc(Nc3ccc(C)cc3)cc(C)n2)C1. The molecule has 0 amide bonds. The number of hydrogen-bond acceptors (Lipinski definition) is 4. The minimum absolute atomic E-state index is 0.115. The molecule has 2 aromatic rings. The van der Waals surface area contributed by atoms with Crippen LogP contribution in [-0.4, -0.2) is 48.2 Å². The number of aryl methyl sites for hydroxylation is 2. The van der Waals surface area contributed by atoms with Crippen LogP contribution in [0.5, 0.6) is 0 Å². The van der Waals surface area contributed by atoms with Gasteiger partial charge in [-0.1, -0.05) is 31.5 Å². The highest BCUT2D eigenvalue weighted by Crippen LogP contribution is 2.31. The first-order valence-corrected chi connectivity index (χ1v) is 11.3. The molecule has 1 fully saturated rings. The Labute approximate surface area is 168 Å². The summed E-state index contributed by atoms with van der Waals surface area (Å²) in [6.45, 7) is 9.80. The van der Waals surface area contributed by atoms with Gasteiger partial charge in [-0.25, -0.2) is 0 Å². The van der Waals surface area contributed by atoms with Gasteiger partial charge in [0.1, 0.15) is 0 Å². The molecule has 7 heteroatoms. The molecule has 28 heavy (non-hydrogen) atoms. The van der Waals surface area contributed by atoms with Gasteiger partial charge in [-0.2, -0.15) is 17.0 Å². The van der Waals surface area contributed by atoms with E-state index in [0.29, 0.717) is 26.2 Å². The first kappa shape index (κ1) is 20.8. The zero-order chi connectivity index (χ0) is 20.3. The average molecular weight is 403 g/mol. The monoisotopic (exact) mass is 402 g/mol. The van der Waals surface area contributed by atoms with Crippen LogP contribution in [0.4, 0.5) is 11.4 Å². The first-order valence-electron chi connectivity index (χ1n) is 9.91. The lowest BCUT2D eigenvalue weighted by atomic mass is 10.0. The van der Waals surface area contributed by atoms with Crippen LogP contribution >= 0.6 is 0 Å². The van der Waals surface area contributed by atoms with Crippen molar-refractivity contribution in [1.29, 1.82) is 0 Å². The number of aromatic nitrogens is 1. The van der Waals surface area contributed by atoms with Crippen LogP contribution in [0.25, 0.3) is 0 Å². The summed E-state index contributed by atoms with van der Waals surface area (Å²) in [5.41, 5.74) is 5.11.